The molecule has 0 aromatic heterocycles. The first-order valence-corrected chi connectivity index (χ1v) is 9.23. The number of halogens is 1. The number of benzene rings is 2. The van der Waals surface area contributed by atoms with E-state index in [1.807, 2.05) is 4.90 Å². The fraction of sp³-hybridized carbons (Fsp3) is 0.250. The normalized spacial score (nSPS) is 13.0. The summed E-state index contributed by atoms with van der Waals surface area (Å²) in [5.41, 5.74) is -0.669. The van der Waals surface area contributed by atoms with Crippen molar-refractivity contribution in [2.24, 2.45) is 0 Å². The van der Waals surface area contributed by atoms with Crippen LogP contribution < -0.4 is 4.90 Å². The molecular formula is C16H14BrN5O9. The van der Waals surface area contributed by atoms with Crippen LogP contribution in [-0.2, 0) is 4.74 Å². The van der Waals surface area contributed by atoms with Crippen LogP contribution in [-0.4, -0.2) is 46.0 Å². The third-order valence-electron chi connectivity index (χ3n) is 3.97. The second kappa shape index (κ2) is 10.4. The highest BCUT2D eigenvalue weighted by Gasteiger charge is 2.20. The standard InChI is InChI=1S/C10H11N3O5.C6H3BrN2O4/c14-12(15)9-5-8(6-10(7-9)13(16)17)11-1-3-18-4-2-11;7-4-1-5(8(10)11)3-6(2-4)9(12)13/h5-7H,1-4H2;1-3H. The number of ether oxygens (including phenoxy) is 1. The van der Waals surface area contributed by atoms with Crippen LogP contribution in [0.15, 0.2) is 40.9 Å². The Kier molecular flexibility index (Phi) is 7.87. The Morgan fingerprint density at radius 3 is 1.39 bits per heavy atom. The minimum absolute atomic E-state index is 0.273. The van der Waals surface area contributed by atoms with Gasteiger partial charge in [-0.25, -0.2) is 0 Å². The number of hydrogen-bond donors (Lipinski definition) is 0. The summed E-state index contributed by atoms with van der Waals surface area (Å²) in [7, 11) is 0. The zero-order chi connectivity index (χ0) is 23.1. The molecule has 0 atom stereocenters. The van der Waals surface area contributed by atoms with Crippen molar-refractivity contribution < 1.29 is 24.4 Å². The average molecular weight is 500 g/mol. The van der Waals surface area contributed by atoms with Gasteiger partial charge in [-0.2, -0.15) is 0 Å². The molecule has 1 heterocycles. The van der Waals surface area contributed by atoms with E-state index in [-0.39, 0.29) is 22.7 Å². The van der Waals surface area contributed by atoms with Crippen molar-refractivity contribution >= 4 is 44.4 Å². The predicted molar refractivity (Wildman–Crippen MR) is 110 cm³/mol. The maximum absolute atomic E-state index is 10.8. The van der Waals surface area contributed by atoms with Crippen molar-refractivity contribution in [1.82, 2.24) is 0 Å². The molecule has 164 valence electrons. The molecule has 0 unspecified atom stereocenters. The van der Waals surface area contributed by atoms with Gasteiger partial charge in [-0.1, -0.05) is 15.9 Å². The van der Waals surface area contributed by atoms with Crippen LogP contribution in [0.1, 0.15) is 0 Å². The van der Waals surface area contributed by atoms with Gasteiger partial charge in [-0.3, -0.25) is 40.5 Å². The van der Waals surface area contributed by atoms with E-state index in [2.05, 4.69) is 15.9 Å². The minimum atomic E-state index is -0.683. The maximum atomic E-state index is 10.8. The van der Waals surface area contributed by atoms with E-state index in [1.54, 1.807) is 0 Å². The Morgan fingerprint density at radius 2 is 1.03 bits per heavy atom. The topological polar surface area (TPSA) is 185 Å². The van der Waals surface area contributed by atoms with Crippen molar-refractivity contribution in [3.63, 3.8) is 0 Å². The smallest absolute Gasteiger partial charge is 0.278 e. The number of morpholine rings is 1. The highest BCUT2D eigenvalue weighted by atomic mass is 79.9. The highest BCUT2D eigenvalue weighted by molar-refractivity contribution is 9.10. The van der Waals surface area contributed by atoms with Gasteiger partial charge in [0.25, 0.3) is 22.7 Å². The molecule has 0 N–H and O–H groups in total. The highest BCUT2D eigenvalue weighted by Crippen LogP contribution is 2.29. The molecule has 2 aromatic rings. The van der Waals surface area contributed by atoms with E-state index >= 15 is 0 Å². The number of non-ortho nitro benzene ring substituents is 4. The second-order valence-corrected chi connectivity index (χ2v) is 6.92. The Balaban J connectivity index is 0.000000233. The van der Waals surface area contributed by atoms with Gasteiger partial charge in [0.05, 0.1) is 50.7 Å². The summed E-state index contributed by atoms with van der Waals surface area (Å²) in [6.45, 7) is 2.16. The SMILES string of the molecule is O=[N+]([O-])c1cc(Br)cc([N+](=O)[O-])c1.O=[N+]([O-])c1cc(N2CCOCC2)cc([N+](=O)[O-])c1. The quantitative estimate of drug-likeness (QED) is 0.434. The van der Waals surface area contributed by atoms with Gasteiger partial charge < -0.3 is 9.64 Å². The summed E-state index contributed by atoms with van der Waals surface area (Å²) in [6.07, 6.45) is 0. The average Bonchev–Trinajstić information content (AvgIpc) is 2.74. The maximum Gasteiger partial charge on any atom is 0.278 e. The molecule has 0 saturated carbocycles. The van der Waals surface area contributed by atoms with Crippen LogP contribution in [0.25, 0.3) is 0 Å². The van der Waals surface area contributed by atoms with Crippen LogP contribution in [0.3, 0.4) is 0 Å². The molecule has 0 amide bonds. The van der Waals surface area contributed by atoms with E-state index < -0.39 is 19.7 Å². The fourth-order valence-corrected chi connectivity index (χ4v) is 3.03. The van der Waals surface area contributed by atoms with E-state index in [1.165, 1.54) is 24.3 Å². The van der Waals surface area contributed by atoms with E-state index in [9.17, 15) is 40.5 Å². The van der Waals surface area contributed by atoms with Crippen LogP contribution >= 0.6 is 15.9 Å². The van der Waals surface area contributed by atoms with Gasteiger partial charge in [-0.05, 0) is 0 Å². The zero-order valence-corrected chi connectivity index (χ0v) is 17.2. The summed E-state index contributed by atoms with van der Waals surface area (Å²) in [4.78, 5) is 41.3. The first-order valence-electron chi connectivity index (χ1n) is 8.44. The molecule has 31 heavy (non-hydrogen) atoms. The molecule has 0 radical (unpaired) electrons. The molecule has 1 saturated heterocycles. The largest absolute Gasteiger partial charge is 0.378 e. The fourth-order valence-electron chi connectivity index (χ4n) is 2.56. The number of anilines is 1. The molecule has 1 aliphatic heterocycles. The van der Waals surface area contributed by atoms with Gasteiger partial charge in [-0.15, -0.1) is 0 Å². The molecule has 0 spiro atoms. The number of rotatable bonds is 5. The summed E-state index contributed by atoms with van der Waals surface area (Å²) in [5.74, 6) is 0. The number of hydrogen-bond acceptors (Lipinski definition) is 10. The number of nitro groups is 4. The van der Waals surface area contributed by atoms with Crippen LogP contribution in [0, 0.1) is 40.5 Å². The monoisotopic (exact) mass is 499 g/mol. The summed E-state index contributed by atoms with van der Waals surface area (Å²) < 4.78 is 5.48. The molecule has 0 aliphatic carbocycles. The number of nitro benzene ring substituents is 4. The molecule has 1 fully saturated rings. The lowest BCUT2D eigenvalue weighted by Gasteiger charge is -2.28. The van der Waals surface area contributed by atoms with Crippen molar-refractivity contribution in [3.05, 3.63) is 81.3 Å². The number of nitrogens with zero attached hydrogens (tertiary/aromatic N) is 5. The molecular weight excluding hydrogens is 486 g/mol. The molecule has 1 aliphatic rings. The third kappa shape index (κ3) is 6.65. The molecule has 3 rings (SSSR count). The van der Waals surface area contributed by atoms with Crippen molar-refractivity contribution in [3.8, 4) is 0 Å². The lowest BCUT2D eigenvalue weighted by Crippen LogP contribution is -2.36. The van der Waals surface area contributed by atoms with Gasteiger partial charge in [0.15, 0.2) is 0 Å². The second-order valence-electron chi connectivity index (χ2n) is 6.00. The Hall–Kier alpha value is -3.72. The molecule has 2 aromatic carbocycles. The van der Waals surface area contributed by atoms with Crippen LogP contribution in [0.5, 0.6) is 0 Å². The lowest BCUT2D eigenvalue weighted by molar-refractivity contribution is -0.394. The van der Waals surface area contributed by atoms with Gasteiger partial charge >= 0.3 is 0 Å². The van der Waals surface area contributed by atoms with Gasteiger partial charge in [0, 0.05) is 41.8 Å². The summed E-state index contributed by atoms with van der Waals surface area (Å²) >= 11 is 2.94. The van der Waals surface area contributed by atoms with E-state index in [0.29, 0.717) is 36.5 Å². The van der Waals surface area contributed by atoms with E-state index in [4.69, 9.17) is 4.74 Å². The lowest BCUT2D eigenvalue weighted by atomic mass is 10.2. The Bertz CT molecular complexity index is 962. The minimum Gasteiger partial charge on any atom is -0.378 e. The van der Waals surface area contributed by atoms with Crippen molar-refractivity contribution in [2.75, 3.05) is 31.2 Å². The van der Waals surface area contributed by atoms with Crippen molar-refractivity contribution in [1.29, 1.82) is 0 Å². The summed E-state index contributed by atoms with van der Waals surface area (Å²) in [6, 6.07) is 6.96. The molecule has 0 bridgehead atoms. The zero-order valence-electron chi connectivity index (χ0n) is 15.6. The van der Waals surface area contributed by atoms with Gasteiger partial charge in [0.1, 0.15) is 0 Å². The van der Waals surface area contributed by atoms with Gasteiger partial charge in [0.2, 0.25) is 0 Å². The van der Waals surface area contributed by atoms with E-state index in [0.717, 1.165) is 12.1 Å². The first-order chi connectivity index (χ1) is 14.6. The Morgan fingerprint density at radius 1 is 0.677 bits per heavy atom. The summed E-state index contributed by atoms with van der Waals surface area (Å²) in [5, 5.41) is 42.1. The van der Waals surface area contributed by atoms with Crippen molar-refractivity contribution in [2.45, 2.75) is 0 Å². The molecule has 14 nitrogen and oxygen atoms in total. The Labute approximate surface area is 181 Å². The predicted octanol–water partition coefficient (Wildman–Crippen LogP) is 3.61. The molecule has 15 heteroatoms. The van der Waals surface area contributed by atoms with Crippen LogP contribution in [0.4, 0.5) is 28.4 Å². The first kappa shape index (κ1) is 23.6. The van der Waals surface area contributed by atoms with Crippen LogP contribution in [0.2, 0.25) is 0 Å². The third-order valence-corrected chi connectivity index (χ3v) is 4.43.